The second-order valence-electron chi connectivity index (χ2n) is 7.63. The van der Waals surface area contributed by atoms with Gasteiger partial charge in [-0.15, -0.1) is 0 Å². The summed E-state index contributed by atoms with van der Waals surface area (Å²) in [6, 6.07) is -0.449. The summed E-state index contributed by atoms with van der Waals surface area (Å²) in [4.78, 5) is 40.1. The molecule has 0 spiro atoms. The molecule has 1 atom stereocenters. The van der Waals surface area contributed by atoms with Crippen molar-refractivity contribution >= 4 is 17.8 Å². The van der Waals surface area contributed by atoms with Crippen LogP contribution in [0.25, 0.3) is 0 Å². The van der Waals surface area contributed by atoms with Gasteiger partial charge in [0.05, 0.1) is 13.2 Å². The molecule has 0 aromatic heterocycles. The highest BCUT2D eigenvalue weighted by Crippen LogP contribution is 2.42. The van der Waals surface area contributed by atoms with Gasteiger partial charge in [-0.3, -0.25) is 14.5 Å². The predicted octanol–water partition coefficient (Wildman–Crippen LogP) is 0.318. The van der Waals surface area contributed by atoms with E-state index in [9.17, 15) is 14.4 Å². The standard InChI is InChI=1S/C17H25N3O5/c1-17(12-2-3-12)15(22)20(16(23)18-17)10-13(21)19-6-4-11(5-7-19)14-24-8-9-25-14/h11-12,14H,2-10H2,1H3,(H,18,23). The topological polar surface area (TPSA) is 88.2 Å². The number of carbonyl (C=O) groups excluding carboxylic acids is 3. The number of ether oxygens (including phenoxy) is 2. The average Bonchev–Trinajstić information content (AvgIpc) is 3.29. The summed E-state index contributed by atoms with van der Waals surface area (Å²) in [6.45, 7) is 4.08. The fourth-order valence-corrected chi connectivity index (χ4v) is 4.10. The third-order valence-corrected chi connectivity index (χ3v) is 5.91. The molecule has 138 valence electrons. The smallest absolute Gasteiger partial charge is 0.325 e. The van der Waals surface area contributed by atoms with Crippen molar-refractivity contribution in [3.63, 3.8) is 0 Å². The first-order chi connectivity index (χ1) is 12.0. The van der Waals surface area contributed by atoms with Crippen molar-refractivity contribution in [1.29, 1.82) is 0 Å². The molecule has 1 unspecified atom stereocenters. The molecule has 3 aliphatic heterocycles. The molecule has 4 aliphatic rings. The minimum atomic E-state index is -0.832. The number of hydrogen-bond donors (Lipinski definition) is 1. The normalized spacial score (nSPS) is 31.7. The van der Waals surface area contributed by atoms with Gasteiger partial charge in [-0.05, 0) is 38.5 Å². The van der Waals surface area contributed by atoms with Gasteiger partial charge in [0.2, 0.25) is 5.91 Å². The van der Waals surface area contributed by atoms with Crippen molar-refractivity contribution in [2.45, 2.75) is 44.4 Å². The zero-order valence-corrected chi connectivity index (χ0v) is 14.5. The van der Waals surface area contributed by atoms with Crippen LogP contribution in [0.5, 0.6) is 0 Å². The third kappa shape index (κ3) is 3.01. The van der Waals surface area contributed by atoms with E-state index < -0.39 is 11.6 Å². The number of likely N-dealkylation sites (tertiary alicyclic amines) is 1. The number of rotatable bonds is 4. The molecule has 0 bridgehead atoms. The van der Waals surface area contributed by atoms with E-state index in [0.29, 0.717) is 32.2 Å². The Morgan fingerprint density at radius 2 is 1.80 bits per heavy atom. The summed E-state index contributed by atoms with van der Waals surface area (Å²) in [5, 5.41) is 2.78. The molecule has 8 nitrogen and oxygen atoms in total. The van der Waals surface area contributed by atoms with Crippen LogP contribution in [0.3, 0.4) is 0 Å². The number of hydrogen-bond acceptors (Lipinski definition) is 5. The zero-order chi connectivity index (χ0) is 17.6. The molecule has 4 amide bonds. The maximum absolute atomic E-state index is 12.6. The number of urea groups is 1. The van der Waals surface area contributed by atoms with Gasteiger partial charge < -0.3 is 19.7 Å². The van der Waals surface area contributed by atoms with Crippen LogP contribution < -0.4 is 5.32 Å². The van der Waals surface area contributed by atoms with Crippen LogP contribution in [0.4, 0.5) is 4.79 Å². The maximum atomic E-state index is 12.6. The first-order valence-corrected chi connectivity index (χ1v) is 9.14. The number of imide groups is 1. The lowest BCUT2D eigenvalue weighted by molar-refractivity contribution is -0.142. The first kappa shape index (κ1) is 16.8. The van der Waals surface area contributed by atoms with Crippen LogP contribution in [-0.4, -0.2) is 72.3 Å². The Kier molecular flexibility index (Phi) is 4.19. The van der Waals surface area contributed by atoms with Crippen LogP contribution in [0, 0.1) is 11.8 Å². The third-order valence-electron chi connectivity index (χ3n) is 5.91. The molecule has 1 saturated carbocycles. The van der Waals surface area contributed by atoms with Crippen molar-refractivity contribution in [3.8, 4) is 0 Å². The van der Waals surface area contributed by atoms with E-state index in [4.69, 9.17) is 9.47 Å². The number of nitrogens with one attached hydrogen (secondary N) is 1. The average molecular weight is 351 g/mol. The molecular formula is C17H25N3O5. The molecule has 3 heterocycles. The summed E-state index contributed by atoms with van der Waals surface area (Å²) in [5.74, 6) is 0.0684. The Hall–Kier alpha value is -1.67. The molecule has 0 radical (unpaired) electrons. The van der Waals surface area contributed by atoms with Gasteiger partial charge in [0.1, 0.15) is 12.1 Å². The summed E-state index contributed by atoms with van der Waals surface area (Å²) < 4.78 is 11.1. The lowest BCUT2D eigenvalue weighted by Crippen LogP contribution is -2.48. The number of carbonyl (C=O) groups is 3. The first-order valence-electron chi connectivity index (χ1n) is 9.14. The molecule has 1 aliphatic carbocycles. The number of amides is 4. The summed E-state index contributed by atoms with van der Waals surface area (Å²) >= 11 is 0. The Bertz CT molecular complexity index is 579. The minimum absolute atomic E-state index is 0.151. The monoisotopic (exact) mass is 351 g/mol. The lowest BCUT2D eigenvalue weighted by Gasteiger charge is -2.34. The van der Waals surface area contributed by atoms with E-state index in [1.807, 2.05) is 0 Å². The Morgan fingerprint density at radius 1 is 1.16 bits per heavy atom. The highest BCUT2D eigenvalue weighted by atomic mass is 16.7. The van der Waals surface area contributed by atoms with E-state index in [-0.39, 0.29) is 30.6 Å². The molecule has 0 aromatic rings. The van der Waals surface area contributed by atoms with Crippen LogP contribution in [-0.2, 0) is 19.1 Å². The van der Waals surface area contributed by atoms with Crippen molar-refractivity contribution in [2.24, 2.45) is 11.8 Å². The molecular weight excluding hydrogens is 326 g/mol. The van der Waals surface area contributed by atoms with Crippen LogP contribution in [0.15, 0.2) is 0 Å². The Balaban J connectivity index is 1.32. The second kappa shape index (κ2) is 6.25. The van der Waals surface area contributed by atoms with Crippen molar-refractivity contribution in [1.82, 2.24) is 15.1 Å². The van der Waals surface area contributed by atoms with Gasteiger partial charge >= 0.3 is 6.03 Å². The fraction of sp³-hybridized carbons (Fsp3) is 0.824. The number of nitrogens with zero attached hydrogens (tertiary/aromatic N) is 2. The molecule has 25 heavy (non-hydrogen) atoms. The second-order valence-corrected chi connectivity index (χ2v) is 7.63. The summed E-state index contributed by atoms with van der Waals surface area (Å²) in [7, 11) is 0. The van der Waals surface area contributed by atoms with E-state index in [1.165, 1.54) is 0 Å². The quantitative estimate of drug-likeness (QED) is 0.737. The Labute approximate surface area is 146 Å². The van der Waals surface area contributed by atoms with Gasteiger partial charge in [-0.2, -0.15) is 0 Å². The van der Waals surface area contributed by atoms with E-state index in [2.05, 4.69) is 5.32 Å². The van der Waals surface area contributed by atoms with E-state index >= 15 is 0 Å². The molecule has 1 N–H and O–H groups in total. The van der Waals surface area contributed by atoms with Crippen LogP contribution >= 0.6 is 0 Å². The molecule has 4 rings (SSSR count). The van der Waals surface area contributed by atoms with Crippen LogP contribution in [0.2, 0.25) is 0 Å². The molecule has 0 aromatic carbocycles. The van der Waals surface area contributed by atoms with Gasteiger partial charge in [0.25, 0.3) is 5.91 Å². The molecule has 4 fully saturated rings. The highest BCUT2D eigenvalue weighted by Gasteiger charge is 2.56. The lowest BCUT2D eigenvalue weighted by atomic mass is 9.95. The van der Waals surface area contributed by atoms with E-state index in [1.54, 1.807) is 11.8 Å². The highest BCUT2D eigenvalue weighted by molar-refractivity contribution is 6.09. The van der Waals surface area contributed by atoms with Crippen LogP contribution in [0.1, 0.15) is 32.6 Å². The van der Waals surface area contributed by atoms with Gasteiger partial charge in [-0.25, -0.2) is 4.79 Å². The Morgan fingerprint density at radius 3 is 2.40 bits per heavy atom. The number of piperidine rings is 1. The van der Waals surface area contributed by atoms with Gasteiger partial charge in [0.15, 0.2) is 6.29 Å². The van der Waals surface area contributed by atoms with Crippen molar-refractivity contribution in [2.75, 3.05) is 32.8 Å². The molecule has 8 heteroatoms. The van der Waals surface area contributed by atoms with Gasteiger partial charge in [0, 0.05) is 19.0 Å². The summed E-state index contributed by atoms with van der Waals surface area (Å²) in [6.07, 6.45) is 3.38. The van der Waals surface area contributed by atoms with Crippen molar-refractivity contribution in [3.05, 3.63) is 0 Å². The summed E-state index contributed by atoms with van der Waals surface area (Å²) in [5.41, 5.74) is -0.832. The maximum Gasteiger partial charge on any atom is 0.325 e. The van der Waals surface area contributed by atoms with Crippen molar-refractivity contribution < 1.29 is 23.9 Å². The minimum Gasteiger partial charge on any atom is -0.350 e. The molecule has 3 saturated heterocycles. The van der Waals surface area contributed by atoms with E-state index in [0.717, 1.165) is 30.6 Å². The SMILES string of the molecule is CC1(C2CC2)NC(=O)N(CC(=O)N2CCC(C3OCCO3)CC2)C1=O. The van der Waals surface area contributed by atoms with Gasteiger partial charge in [-0.1, -0.05) is 0 Å². The largest absolute Gasteiger partial charge is 0.350 e. The fourth-order valence-electron chi connectivity index (χ4n) is 4.10. The zero-order valence-electron chi connectivity index (χ0n) is 14.5. The predicted molar refractivity (Wildman–Crippen MR) is 86.4 cm³/mol.